The van der Waals surface area contributed by atoms with Gasteiger partial charge in [-0.05, 0) is 41.2 Å². The first kappa shape index (κ1) is 9.89. The van der Waals surface area contributed by atoms with Crippen LogP contribution in [-0.2, 0) is 0 Å². The Balaban J connectivity index is 2.08. The Bertz CT molecular complexity index is 473. The van der Waals surface area contributed by atoms with Crippen molar-refractivity contribution in [1.29, 1.82) is 0 Å². The standard InChI is InChI=1S/C16H17/c1-2-7-13(8-3-1)16-12-6-10-14-9-4-5-11-15(14)16/h4-6,10-13H,1-3,7-8H2. The highest BCUT2D eigenvalue weighted by Gasteiger charge is 2.16. The molecule has 16 heavy (non-hydrogen) atoms. The van der Waals surface area contributed by atoms with Gasteiger partial charge >= 0.3 is 0 Å². The predicted molar refractivity (Wildman–Crippen MR) is 68.6 cm³/mol. The first-order chi connectivity index (χ1) is 7.95. The molecule has 0 nitrogen and oxygen atoms in total. The Hall–Kier alpha value is -1.30. The van der Waals surface area contributed by atoms with Crippen LogP contribution in [0, 0.1) is 6.07 Å². The maximum absolute atomic E-state index is 3.33. The topological polar surface area (TPSA) is 0 Å². The lowest BCUT2D eigenvalue weighted by atomic mass is 9.82. The predicted octanol–water partition coefficient (Wildman–Crippen LogP) is 4.69. The molecular formula is C16H17. The Morgan fingerprint density at radius 2 is 1.81 bits per heavy atom. The number of hydrogen-bond acceptors (Lipinski definition) is 0. The molecule has 0 unspecified atom stereocenters. The van der Waals surface area contributed by atoms with Crippen LogP contribution in [0.2, 0.25) is 0 Å². The van der Waals surface area contributed by atoms with Crippen molar-refractivity contribution in [3.05, 3.63) is 48.0 Å². The lowest BCUT2D eigenvalue weighted by Gasteiger charge is -2.23. The molecule has 3 rings (SSSR count). The summed E-state index contributed by atoms with van der Waals surface area (Å²) in [5.74, 6) is 0.785. The third-order valence-electron chi connectivity index (χ3n) is 3.78. The number of fused-ring (bicyclic) bond motifs is 1. The summed E-state index contributed by atoms with van der Waals surface area (Å²) in [5.41, 5.74) is 1.55. The average molecular weight is 209 g/mol. The molecule has 2 aromatic carbocycles. The molecule has 0 aliphatic heterocycles. The summed E-state index contributed by atoms with van der Waals surface area (Å²) in [5, 5.41) is 2.68. The molecule has 0 amide bonds. The fraction of sp³-hybridized carbons (Fsp3) is 0.375. The minimum atomic E-state index is 0.785. The van der Waals surface area contributed by atoms with Crippen LogP contribution in [-0.4, -0.2) is 0 Å². The van der Waals surface area contributed by atoms with Gasteiger partial charge in [0.1, 0.15) is 0 Å². The number of rotatable bonds is 1. The second-order valence-electron chi connectivity index (χ2n) is 4.81. The second kappa shape index (κ2) is 4.29. The van der Waals surface area contributed by atoms with Crippen molar-refractivity contribution in [2.45, 2.75) is 38.0 Å². The highest BCUT2D eigenvalue weighted by Crippen LogP contribution is 2.35. The van der Waals surface area contributed by atoms with Gasteiger partial charge in [0, 0.05) is 0 Å². The molecule has 0 aromatic heterocycles. The Morgan fingerprint density at radius 3 is 2.69 bits per heavy atom. The van der Waals surface area contributed by atoms with Gasteiger partial charge in [-0.3, -0.25) is 0 Å². The Kier molecular flexibility index (Phi) is 2.65. The zero-order valence-corrected chi connectivity index (χ0v) is 9.58. The van der Waals surface area contributed by atoms with Crippen LogP contribution >= 0.6 is 0 Å². The fourth-order valence-corrected chi connectivity index (χ4v) is 2.95. The summed E-state index contributed by atoms with van der Waals surface area (Å²) in [7, 11) is 0. The largest absolute Gasteiger partial charge is 0.0613 e. The van der Waals surface area contributed by atoms with E-state index in [0.29, 0.717) is 0 Å². The van der Waals surface area contributed by atoms with E-state index in [4.69, 9.17) is 0 Å². The van der Waals surface area contributed by atoms with Gasteiger partial charge in [-0.15, -0.1) is 0 Å². The molecule has 1 aliphatic carbocycles. The third-order valence-corrected chi connectivity index (χ3v) is 3.78. The maximum atomic E-state index is 3.33. The summed E-state index contributed by atoms with van der Waals surface area (Å²) in [6.45, 7) is 0. The second-order valence-corrected chi connectivity index (χ2v) is 4.81. The van der Waals surface area contributed by atoms with Crippen molar-refractivity contribution in [3.63, 3.8) is 0 Å². The van der Waals surface area contributed by atoms with E-state index in [1.807, 2.05) is 6.07 Å². The van der Waals surface area contributed by atoms with Crippen molar-refractivity contribution < 1.29 is 0 Å². The van der Waals surface area contributed by atoms with Crippen LogP contribution in [0.25, 0.3) is 10.8 Å². The molecule has 0 spiro atoms. The molecule has 0 atom stereocenters. The maximum Gasteiger partial charge on any atom is -0.00991 e. The Morgan fingerprint density at radius 1 is 0.938 bits per heavy atom. The normalized spacial score (nSPS) is 17.8. The van der Waals surface area contributed by atoms with E-state index in [2.05, 4.69) is 36.4 Å². The van der Waals surface area contributed by atoms with Crippen LogP contribution in [0.1, 0.15) is 43.6 Å². The van der Waals surface area contributed by atoms with E-state index in [-0.39, 0.29) is 0 Å². The summed E-state index contributed by atoms with van der Waals surface area (Å²) in [6, 6.07) is 16.4. The van der Waals surface area contributed by atoms with E-state index in [1.54, 1.807) is 5.56 Å². The van der Waals surface area contributed by atoms with E-state index >= 15 is 0 Å². The molecule has 1 aliphatic rings. The number of benzene rings is 2. The lowest BCUT2D eigenvalue weighted by molar-refractivity contribution is 0.445. The van der Waals surface area contributed by atoms with Gasteiger partial charge in [0.05, 0.1) is 0 Å². The van der Waals surface area contributed by atoms with Crippen LogP contribution < -0.4 is 0 Å². The van der Waals surface area contributed by atoms with Crippen molar-refractivity contribution in [3.8, 4) is 0 Å². The van der Waals surface area contributed by atoms with E-state index < -0.39 is 0 Å². The monoisotopic (exact) mass is 209 g/mol. The highest BCUT2D eigenvalue weighted by atomic mass is 14.2. The summed E-state index contributed by atoms with van der Waals surface area (Å²) >= 11 is 0. The molecule has 0 N–H and O–H groups in total. The molecule has 1 saturated carbocycles. The zero-order chi connectivity index (χ0) is 10.8. The molecule has 0 bridgehead atoms. The molecule has 0 heteroatoms. The summed E-state index contributed by atoms with van der Waals surface area (Å²) in [4.78, 5) is 0. The van der Waals surface area contributed by atoms with Gasteiger partial charge in [-0.2, -0.15) is 0 Å². The molecule has 0 saturated heterocycles. The van der Waals surface area contributed by atoms with Crippen LogP contribution in [0.4, 0.5) is 0 Å². The first-order valence-corrected chi connectivity index (χ1v) is 6.34. The first-order valence-electron chi connectivity index (χ1n) is 6.34. The van der Waals surface area contributed by atoms with Crippen molar-refractivity contribution >= 4 is 10.8 Å². The van der Waals surface area contributed by atoms with Crippen molar-refractivity contribution in [2.24, 2.45) is 0 Å². The number of hydrogen-bond donors (Lipinski definition) is 0. The quantitative estimate of drug-likeness (QED) is 0.639. The van der Waals surface area contributed by atoms with Crippen molar-refractivity contribution in [2.75, 3.05) is 0 Å². The molecule has 2 aromatic rings. The molecule has 81 valence electrons. The summed E-state index contributed by atoms with van der Waals surface area (Å²) in [6.07, 6.45) is 6.96. The average Bonchev–Trinajstić information content (AvgIpc) is 2.39. The minimum Gasteiger partial charge on any atom is -0.0613 e. The Labute approximate surface area is 97.3 Å². The van der Waals surface area contributed by atoms with E-state index in [1.165, 1.54) is 42.9 Å². The van der Waals surface area contributed by atoms with Gasteiger partial charge in [-0.1, -0.05) is 55.7 Å². The van der Waals surface area contributed by atoms with E-state index in [0.717, 1.165) is 5.92 Å². The fourth-order valence-electron chi connectivity index (χ4n) is 2.95. The van der Waals surface area contributed by atoms with Gasteiger partial charge in [-0.25, -0.2) is 0 Å². The molecule has 0 heterocycles. The minimum absolute atomic E-state index is 0.785. The van der Waals surface area contributed by atoms with Gasteiger partial charge in [0.25, 0.3) is 0 Å². The van der Waals surface area contributed by atoms with Crippen molar-refractivity contribution in [1.82, 2.24) is 0 Å². The van der Waals surface area contributed by atoms with Crippen LogP contribution in [0.5, 0.6) is 0 Å². The van der Waals surface area contributed by atoms with Gasteiger partial charge in [0.15, 0.2) is 0 Å². The third kappa shape index (κ3) is 1.73. The molecule has 1 fully saturated rings. The van der Waals surface area contributed by atoms with Crippen LogP contribution in [0.15, 0.2) is 36.4 Å². The molecule has 1 radical (unpaired) electrons. The van der Waals surface area contributed by atoms with Crippen LogP contribution in [0.3, 0.4) is 0 Å². The summed E-state index contributed by atoms with van der Waals surface area (Å²) < 4.78 is 0. The van der Waals surface area contributed by atoms with E-state index in [9.17, 15) is 0 Å². The zero-order valence-electron chi connectivity index (χ0n) is 9.58. The van der Waals surface area contributed by atoms with Gasteiger partial charge in [0.2, 0.25) is 0 Å². The van der Waals surface area contributed by atoms with Gasteiger partial charge < -0.3 is 0 Å². The smallest absolute Gasteiger partial charge is 0.00991 e. The highest BCUT2D eigenvalue weighted by molar-refractivity contribution is 5.85. The lowest BCUT2D eigenvalue weighted by Crippen LogP contribution is -2.04. The molecular weight excluding hydrogens is 192 g/mol. The SMILES string of the molecule is [c]1cccc2c(C3CCCCC3)cccc12.